The van der Waals surface area contributed by atoms with Gasteiger partial charge in [0.15, 0.2) is 0 Å². The normalized spacial score (nSPS) is 11.0. The molecule has 0 aromatic rings. The third-order valence-corrected chi connectivity index (χ3v) is 1.27. The topological polar surface area (TPSA) is 0 Å². The van der Waals surface area contributed by atoms with E-state index in [2.05, 4.69) is 19.2 Å². The lowest BCUT2D eigenvalue weighted by Gasteiger charge is -1.91. The molecule has 0 N–H and O–H groups in total. The maximum atomic E-state index is 12.7. The molecule has 0 nitrogen and oxygen atoms in total. The molecule has 0 saturated carbocycles. The molecule has 0 unspecified atom stereocenters. The van der Waals surface area contributed by atoms with Gasteiger partial charge in [-0.3, -0.25) is 0 Å². The Morgan fingerprint density at radius 1 is 1.50 bits per heavy atom. The molecule has 0 aliphatic heterocycles. The molecule has 56 valence electrons. The number of hydrogen-bond donors (Lipinski definition) is 1. The monoisotopic (exact) mass is 158 g/mol. The molecule has 0 spiro atoms. The first-order valence-electron chi connectivity index (χ1n) is 2.94. The maximum Gasteiger partial charge on any atom is 0.122 e. The van der Waals surface area contributed by atoms with Crippen LogP contribution in [0.25, 0.3) is 0 Å². The highest BCUT2D eigenvalue weighted by molar-refractivity contribution is 7.84. The van der Waals surface area contributed by atoms with Crippen LogP contribution in [-0.2, 0) is 0 Å². The van der Waals surface area contributed by atoms with Crippen LogP contribution in [0, 0.1) is 0 Å². The molecule has 0 atom stereocenters. The number of thiol groups is 1. The fraction of sp³-hybridized carbons (Fsp3) is 0.250. The van der Waals surface area contributed by atoms with Crippen LogP contribution in [0.4, 0.5) is 4.39 Å². The van der Waals surface area contributed by atoms with Crippen molar-refractivity contribution in [1.29, 1.82) is 0 Å². The van der Waals surface area contributed by atoms with E-state index in [1.807, 2.05) is 0 Å². The standard InChI is InChI=1S/C8H11FS/c1-4-7(10)5-8(9)6(2)3/h4-5,10H,1H2,2-3H3/b7-5+. The van der Waals surface area contributed by atoms with E-state index >= 15 is 0 Å². The van der Waals surface area contributed by atoms with E-state index in [4.69, 9.17) is 0 Å². The van der Waals surface area contributed by atoms with Crippen molar-refractivity contribution in [2.75, 3.05) is 0 Å². The van der Waals surface area contributed by atoms with Gasteiger partial charge in [0.2, 0.25) is 0 Å². The average molecular weight is 158 g/mol. The zero-order chi connectivity index (χ0) is 8.15. The highest BCUT2D eigenvalue weighted by Crippen LogP contribution is 2.11. The third kappa shape index (κ3) is 3.51. The smallest absolute Gasteiger partial charge is 0.122 e. The van der Waals surface area contributed by atoms with Gasteiger partial charge in [-0.1, -0.05) is 12.7 Å². The molecule has 0 saturated heterocycles. The molecule has 2 heteroatoms. The molecule has 10 heavy (non-hydrogen) atoms. The summed E-state index contributed by atoms with van der Waals surface area (Å²) in [7, 11) is 0. The minimum absolute atomic E-state index is 0.245. The van der Waals surface area contributed by atoms with E-state index in [-0.39, 0.29) is 5.83 Å². The van der Waals surface area contributed by atoms with Gasteiger partial charge in [0.1, 0.15) is 5.83 Å². The summed E-state index contributed by atoms with van der Waals surface area (Å²) in [6.45, 7) is 6.85. The van der Waals surface area contributed by atoms with Crippen molar-refractivity contribution in [2.24, 2.45) is 0 Å². The number of halogens is 1. The minimum Gasteiger partial charge on any atom is -0.207 e. The molecule has 0 aromatic heterocycles. The lowest BCUT2D eigenvalue weighted by Crippen LogP contribution is -1.72. The Labute approximate surface area is 66.5 Å². The summed E-state index contributed by atoms with van der Waals surface area (Å²) in [5.41, 5.74) is 0.647. The van der Waals surface area contributed by atoms with Crippen LogP contribution in [0.5, 0.6) is 0 Å². The van der Waals surface area contributed by atoms with Gasteiger partial charge in [-0.15, -0.1) is 12.6 Å². The van der Waals surface area contributed by atoms with Crippen LogP contribution in [0.2, 0.25) is 0 Å². The fourth-order valence-corrected chi connectivity index (χ4v) is 0.446. The van der Waals surface area contributed by atoms with E-state index in [0.717, 1.165) is 0 Å². The van der Waals surface area contributed by atoms with Crippen LogP contribution in [0.3, 0.4) is 0 Å². The van der Waals surface area contributed by atoms with Crippen LogP contribution in [-0.4, -0.2) is 0 Å². The highest BCUT2D eigenvalue weighted by atomic mass is 32.1. The Balaban J connectivity index is 4.42. The molecule has 0 aliphatic rings. The zero-order valence-electron chi connectivity index (χ0n) is 6.19. The molecule has 0 aromatic carbocycles. The summed E-state index contributed by atoms with van der Waals surface area (Å²) < 4.78 is 12.7. The van der Waals surface area contributed by atoms with E-state index in [1.165, 1.54) is 12.2 Å². The SMILES string of the molecule is C=C/C(S)=C\C(F)=C(C)C. The van der Waals surface area contributed by atoms with Crippen molar-refractivity contribution in [3.05, 3.63) is 35.0 Å². The van der Waals surface area contributed by atoms with Crippen LogP contribution < -0.4 is 0 Å². The molecule has 0 radical (unpaired) electrons. The predicted octanol–water partition coefficient (Wildman–Crippen LogP) is 3.25. The number of allylic oxidation sites excluding steroid dienone is 4. The Morgan fingerprint density at radius 3 is 2.30 bits per heavy atom. The first kappa shape index (κ1) is 9.50. The van der Waals surface area contributed by atoms with Gasteiger partial charge in [-0.05, 0) is 25.5 Å². The summed E-state index contributed by atoms with van der Waals surface area (Å²) in [6.07, 6.45) is 2.83. The molecular weight excluding hydrogens is 147 g/mol. The van der Waals surface area contributed by atoms with Gasteiger partial charge < -0.3 is 0 Å². The van der Waals surface area contributed by atoms with Crippen LogP contribution in [0.1, 0.15) is 13.8 Å². The first-order valence-corrected chi connectivity index (χ1v) is 3.38. The molecule has 0 fully saturated rings. The van der Waals surface area contributed by atoms with Gasteiger partial charge in [0.25, 0.3) is 0 Å². The second-order valence-electron chi connectivity index (χ2n) is 2.12. The molecule has 0 aliphatic carbocycles. The van der Waals surface area contributed by atoms with Gasteiger partial charge in [-0.25, -0.2) is 4.39 Å². The quantitative estimate of drug-likeness (QED) is 0.463. The fourth-order valence-electron chi connectivity index (χ4n) is 0.333. The Morgan fingerprint density at radius 2 is 2.00 bits per heavy atom. The second kappa shape index (κ2) is 4.34. The summed E-state index contributed by atoms with van der Waals surface area (Å²) in [4.78, 5) is 0.540. The Kier molecular flexibility index (Phi) is 4.12. The van der Waals surface area contributed by atoms with Gasteiger partial charge in [-0.2, -0.15) is 0 Å². The van der Waals surface area contributed by atoms with E-state index in [0.29, 0.717) is 10.5 Å². The number of rotatable bonds is 2. The second-order valence-corrected chi connectivity index (χ2v) is 2.64. The average Bonchev–Trinajstić information content (AvgIpc) is 1.87. The first-order chi connectivity index (χ1) is 4.57. The summed E-state index contributed by atoms with van der Waals surface area (Å²) in [5.74, 6) is -0.245. The highest BCUT2D eigenvalue weighted by Gasteiger charge is 1.91. The van der Waals surface area contributed by atoms with E-state index in [1.54, 1.807) is 13.8 Å². The van der Waals surface area contributed by atoms with Crippen molar-refractivity contribution in [2.45, 2.75) is 13.8 Å². The molecular formula is C8H11FS. The van der Waals surface area contributed by atoms with Crippen LogP contribution >= 0.6 is 12.6 Å². The van der Waals surface area contributed by atoms with Crippen molar-refractivity contribution in [3.63, 3.8) is 0 Å². The molecule has 0 rings (SSSR count). The summed E-state index contributed by atoms with van der Waals surface area (Å²) in [6, 6.07) is 0. The lowest BCUT2D eigenvalue weighted by molar-refractivity contribution is 0.654. The van der Waals surface area contributed by atoms with Crippen molar-refractivity contribution >= 4 is 12.6 Å². The van der Waals surface area contributed by atoms with Crippen molar-refractivity contribution < 1.29 is 4.39 Å². The lowest BCUT2D eigenvalue weighted by atomic mass is 10.3. The summed E-state index contributed by atoms with van der Waals surface area (Å²) in [5, 5.41) is 0. The molecule has 0 amide bonds. The third-order valence-electron chi connectivity index (χ3n) is 0.961. The number of hydrogen-bond acceptors (Lipinski definition) is 1. The van der Waals surface area contributed by atoms with Gasteiger partial charge in [0.05, 0.1) is 0 Å². The minimum atomic E-state index is -0.245. The zero-order valence-corrected chi connectivity index (χ0v) is 7.08. The van der Waals surface area contributed by atoms with Crippen molar-refractivity contribution in [3.8, 4) is 0 Å². The predicted molar refractivity (Wildman–Crippen MR) is 46.7 cm³/mol. The Bertz CT molecular complexity index is 185. The van der Waals surface area contributed by atoms with E-state index < -0.39 is 0 Å². The largest absolute Gasteiger partial charge is 0.207 e. The molecule has 0 bridgehead atoms. The Hall–Kier alpha value is -0.500. The van der Waals surface area contributed by atoms with Gasteiger partial charge >= 0.3 is 0 Å². The summed E-state index contributed by atoms with van der Waals surface area (Å²) >= 11 is 3.93. The van der Waals surface area contributed by atoms with Crippen LogP contribution in [0.15, 0.2) is 35.0 Å². The maximum absolute atomic E-state index is 12.7. The van der Waals surface area contributed by atoms with Crippen molar-refractivity contribution in [1.82, 2.24) is 0 Å². The molecule has 0 heterocycles. The van der Waals surface area contributed by atoms with Gasteiger partial charge in [0, 0.05) is 4.91 Å². The van der Waals surface area contributed by atoms with E-state index in [9.17, 15) is 4.39 Å².